The molecule has 0 bridgehead atoms. The van der Waals surface area contributed by atoms with Gasteiger partial charge in [-0.05, 0) is 25.8 Å². The highest BCUT2D eigenvalue weighted by atomic mass is 15.1. The first-order chi connectivity index (χ1) is 5.72. The zero-order chi connectivity index (χ0) is 8.97. The van der Waals surface area contributed by atoms with Crippen molar-refractivity contribution < 1.29 is 0 Å². The van der Waals surface area contributed by atoms with Crippen molar-refractivity contribution in [3.05, 3.63) is 11.6 Å². The van der Waals surface area contributed by atoms with Crippen LogP contribution >= 0.6 is 0 Å². The summed E-state index contributed by atoms with van der Waals surface area (Å²) in [6.07, 6.45) is 3.56. The summed E-state index contributed by atoms with van der Waals surface area (Å²) in [5.74, 6) is 0.636. The van der Waals surface area contributed by atoms with Gasteiger partial charge >= 0.3 is 0 Å². The second-order valence-corrected chi connectivity index (χ2v) is 3.90. The van der Waals surface area contributed by atoms with Crippen molar-refractivity contribution in [3.8, 4) is 0 Å². The summed E-state index contributed by atoms with van der Waals surface area (Å²) in [6.45, 7) is 8.72. The summed E-state index contributed by atoms with van der Waals surface area (Å²) in [4.78, 5) is 2.48. The summed E-state index contributed by atoms with van der Waals surface area (Å²) < 4.78 is 0. The molecule has 2 heteroatoms. The smallest absolute Gasteiger partial charge is 0.0165 e. The fraction of sp³-hybridized carbons (Fsp3) is 0.800. The highest BCUT2D eigenvalue weighted by Crippen LogP contribution is 2.10. The minimum absolute atomic E-state index is 0.636. The van der Waals surface area contributed by atoms with E-state index in [0.717, 1.165) is 19.6 Å². The van der Waals surface area contributed by atoms with Crippen molar-refractivity contribution in [2.45, 2.75) is 20.3 Å². The Morgan fingerprint density at radius 2 is 2.42 bits per heavy atom. The van der Waals surface area contributed by atoms with Crippen molar-refractivity contribution in [2.75, 3.05) is 26.2 Å². The van der Waals surface area contributed by atoms with Crippen LogP contribution in [0.25, 0.3) is 0 Å². The summed E-state index contributed by atoms with van der Waals surface area (Å²) in [5.41, 5.74) is 7.11. The first-order valence-corrected chi connectivity index (χ1v) is 4.80. The second-order valence-electron chi connectivity index (χ2n) is 3.90. The van der Waals surface area contributed by atoms with E-state index in [2.05, 4.69) is 24.8 Å². The molecule has 0 aromatic carbocycles. The zero-order valence-corrected chi connectivity index (χ0v) is 8.21. The van der Waals surface area contributed by atoms with E-state index in [4.69, 9.17) is 5.73 Å². The summed E-state index contributed by atoms with van der Waals surface area (Å²) in [7, 11) is 0. The van der Waals surface area contributed by atoms with Gasteiger partial charge in [-0.2, -0.15) is 0 Å². The Labute approximate surface area is 75.4 Å². The van der Waals surface area contributed by atoms with Crippen LogP contribution in [0.15, 0.2) is 11.6 Å². The maximum atomic E-state index is 5.57. The number of hydrogen-bond donors (Lipinski definition) is 1. The highest BCUT2D eigenvalue weighted by Gasteiger charge is 2.11. The predicted molar refractivity (Wildman–Crippen MR) is 53.0 cm³/mol. The largest absolute Gasteiger partial charge is 0.330 e. The molecule has 0 amide bonds. The fourth-order valence-electron chi connectivity index (χ4n) is 1.49. The SMILES string of the molecule is CC1=CCN(CC(C)CN)CC1. The van der Waals surface area contributed by atoms with Gasteiger partial charge in [-0.1, -0.05) is 18.6 Å². The molecular formula is C10H20N2. The fourth-order valence-corrected chi connectivity index (χ4v) is 1.49. The van der Waals surface area contributed by atoms with Crippen LogP contribution in [0.4, 0.5) is 0 Å². The highest BCUT2D eigenvalue weighted by molar-refractivity contribution is 5.03. The van der Waals surface area contributed by atoms with Crippen LogP contribution in [0.5, 0.6) is 0 Å². The Morgan fingerprint density at radius 3 is 2.92 bits per heavy atom. The molecular weight excluding hydrogens is 148 g/mol. The van der Waals surface area contributed by atoms with Gasteiger partial charge in [0, 0.05) is 19.6 Å². The lowest BCUT2D eigenvalue weighted by Gasteiger charge is -2.27. The van der Waals surface area contributed by atoms with E-state index in [9.17, 15) is 0 Å². The van der Waals surface area contributed by atoms with Crippen LogP contribution in [-0.2, 0) is 0 Å². The lowest BCUT2D eigenvalue weighted by Crippen LogP contribution is -2.34. The van der Waals surface area contributed by atoms with Crippen molar-refractivity contribution >= 4 is 0 Å². The summed E-state index contributed by atoms with van der Waals surface area (Å²) in [5, 5.41) is 0. The van der Waals surface area contributed by atoms with Gasteiger partial charge in [-0.25, -0.2) is 0 Å². The van der Waals surface area contributed by atoms with Crippen LogP contribution in [0.3, 0.4) is 0 Å². The second kappa shape index (κ2) is 4.63. The van der Waals surface area contributed by atoms with Crippen LogP contribution in [0, 0.1) is 5.92 Å². The lowest BCUT2D eigenvalue weighted by atomic mass is 10.1. The number of nitrogens with two attached hydrogens (primary N) is 1. The Bertz CT molecular complexity index is 163. The molecule has 0 radical (unpaired) electrons. The Balaban J connectivity index is 2.27. The molecule has 0 aliphatic carbocycles. The van der Waals surface area contributed by atoms with E-state index in [1.165, 1.54) is 18.5 Å². The molecule has 2 nitrogen and oxygen atoms in total. The molecule has 1 atom stereocenters. The standard InChI is InChI=1S/C10H20N2/c1-9-3-5-12(6-4-9)8-10(2)7-11/h3,10H,4-8,11H2,1-2H3. The molecule has 1 heterocycles. The molecule has 0 saturated heterocycles. The molecule has 0 aromatic rings. The van der Waals surface area contributed by atoms with Gasteiger partial charge < -0.3 is 5.73 Å². The Morgan fingerprint density at radius 1 is 1.67 bits per heavy atom. The molecule has 0 spiro atoms. The van der Waals surface area contributed by atoms with Crippen LogP contribution < -0.4 is 5.73 Å². The molecule has 12 heavy (non-hydrogen) atoms. The molecule has 0 saturated carbocycles. The third kappa shape index (κ3) is 2.95. The minimum Gasteiger partial charge on any atom is -0.330 e. The minimum atomic E-state index is 0.636. The van der Waals surface area contributed by atoms with E-state index in [0.29, 0.717) is 5.92 Å². The van der Waals surface area contributed by atoms with E-state index < -0.39 is 0 Å². The maximum Gasteiger partial charge on any atom is 0.0165 e. The molecule has 1 unspecified atom stereocenters. The monoisotopic (exact) mass is 168 g/mol. The normalized spacial score (nSPS) is 22.1. The van der Waals surface area contributed by atoms with E-state index in [1.54, 1.807) is 0 Å². The zero-order valence-electron chi connectivity index (χ0n) is 8.21. The van der Waals surface area contributed by atoms with Crippen molar-refractivity contribution in [3.63, 3.8) is 0 Å². The van der Waals surface area contributed by atoms with Gasteiger partial charge in [-0.15, -0.1) is 0 Å². The van der Waals surface area contributed by atoms with Gasteiger partial charge in [0.2, 0.25) is 0 Å². The molecule has 1 rings (SSSR count). The van der Waals surface area contributed by atoms with Crippen molar-refractivity contribution in [2.24, 2.45) is 11.7 Å². The third-order valence-corrected chi connectivity index (χ3v) is 2.49. The lowest BCUT2D eigenvalue weighted by molar-refractivity contribution is 0.256. The number of hydrogen-bond acceptors (Lipinski definition) is 2. The molecule has 2 N–H and O–H groups in total. The number of rotatable bonds is 3. The van der Waals surface area contributed by atoms with Crippen LogP contribution in [0.1, 0.15) is 20.3 Å². The molecule has 1 aliphatic rings. The first kappa shape index (κ1) is 9.75. The predicted octanol–water partition coefficient (Wildman–Crippen LogP) is 1.23. The van der Waals surface area contributed by atoms with E-state index >= 15 is 0 Å². The van der Waals surface area contributed by atoms with E-state index in [-0.39, 0.29) is 0 Å². The average molecular weight is 168 g/mol. The topological polar surface area (TPSA) is 29.3 Å². The molecule has 0 fully saturated rings. The molecule has 0 aromatic heterocycles. The van der Waals surface area contributed by atoms with Gasteiger partial charge in [0.05, 0.1) is 0 Å². The van der Waals surface area contributed by atoms with Crippen molar-refractivity contribution in [1.82, 2.24) is 4.90 Å². The van der Waals surface area contributed by atoms with Gasteiger partial charge in [0.1, 0.15) is 0 Å². The molecule has 70 valence electrons. The summed E-state index contributed by atoms with van der Waals surface area (Å²) >= 11 is 0. The maximum absolute atomic E-state index is 5.57. The Hall–Kier alpha value is -0.340. The van der Waals surface area contributed by atoms with Gasteiger partial charge in [-0.3, -0.25) is 4.90 Å². The van der Waals surface area contributed by atoms with Crippen molar-refractivity contribution in [1.29, 1.82) is 0 Å². The van der Waals surface area contributed by atoms with Crippen LogP contribution in [0.2, 0.25) is 0 Å². The van der Waals surface area contributed by atoms with Gasteiger partial charge in [0.15, 0.2) is 0 Å². The van der Waals surface area contributed by atoms with Crippen LogP contribution in [-0.4, -0.2) is 31.1 Å². The Kier molecular flexibility index (Phi) is 3.76. The first-order valence-electron chi connectivity index (χ1n) is 4.80. The average Bonchev–Trinajstić information content (AvgIpc) is 2.09. The quantitative estimate of drug-likeness (QED) is 0.642. The summed E-state index contributed by atoms with van der Waals surface area (Å²) in [6, 6.07) is 0. The number of nitrogens with zero attached hydrogens (tertiary/aromatic N) is 1. The molecule has 1 aliphatic heterocycles. The van der Waals surface area contributed by atoms with Gasteiger partial charge in [0.25, 0.3) is 0 Å². The third-order valence-electron chi connectivity index (χ3n) is 2.49. The van der Waals surface area contributed by atoms with E-state index in [1.807, 2.05) is 0 Å².